The second kappa shape index (κ2) is 5.06. The maximum atomic E-state index is 8.70. The molecule has 0 aliphatic rings. The Morgan fingerprint density at radius 1 is 1.62 bits per heavy atom. The van der Waals surface area contributed by atoms with Crippen LogP contribution in [0.1, 0.15) is 20.3 Å². The Morgan fingerprint density at radius 2 is 2.25 bits per heavy atom. The Balaban J connectivity index is 2.72. The predicted octanol–water partition coefficient (Wildman–Crippen LogP) is 0.794. The summed E-state index contributed by atoms with van der Waals surface area (Å²) in [4.78, 5) is 0. The first-order chi connectivity index (χ1) is 3.77. The van der Waals surface area contributed by atoms with Crippen LogP contribution < -0.4 is 0 Å². The summed E-state index contributed by atoms with van der Waals surface area (Å²) in [6.07, 6.45) is 0.523. The molecule has 0 spiro atoms. The average molecular weight is 118 g/mol. The average Bonchev–Trinajstić information content (AvgIpc) is 1.66. The van der Waals surface area contributed by atoms with Gasteiger partial charge in [-0.25, -0.2) is 0 Å². The van der Waals surface area contributed by atoms with E-state index in [1.807, 2.05) is 6.92 Å². The highest BCUT2D eigenvalue weighted by Crippen LogP contribution is 1.88. The van der Waals surface area contributed by atoms with Crippen LogP contribution in [0.5, 0.6) is 0 Å². The molecule has 0 rings (SSSR count). The highest BCUT2D eigenvalue weighted by molar-refractivity contribution is 4.42. The zero-order valence-electron chi connectivity index (χ0n) is 5.55. The maximum absolute atomic E-state index is 8.70. The highest BCUT2D eigenvalue weighted by atomic mass is 16.5. The summed E-state index contributed by atoms with van der Waals surface area (Å²) in [5, 5.41) is 8.70. The van der Waals surface area contributed by atoms with E-state index in [9.17, 15) is 0 Å². The van der Waals surface area contributed by atoms with Gasteiger partial charge in [0.05, 0.1) is 6.10 Å². The van der Waals surface area contributed by atoms with Crippen LogP contribution in [-0.2, 0) is 4.74 Å². The number of ether oxygens (including phenoxy) is 1. The van der Waals surface area contributed by atoms with Crippen LogP contribution in [0.3, 0.4) is 0 Å². The summed E-state index contributed by atoms with van der Waals surface area (Å²) in [5.74, 6) is 0. The zero-order valence-corrected chi connectivity index (χ0v) is 5.55. The third kappa shape index (κ3) is 5.92. The quantitative estimate of drug-likeness (QED) is 0.553. The monoisotopic (exact) mass is 118 g/mol. The minimum absolute atomic E-state index is 0.221. The number of hydrogen-bond acceptors (Lipinski definition) is 2. The van der Waals surface area contributed by atoms with Crippen molar-refractivity contribution in [1.29, 1.82) is 0 Å². The molecule has 0 fully saturated rings. The lowest BCUT2D eigenvalue weighted by Gasteiger charge is -2.01. The van der Waals surface area contributed by atoms with Crippen molar-refractivity contribution in [3.05, 3.63) is 0 Å². The molecule has 0 saturated carbocycles. The SMILES string of the molecule is CCOCCC(C)O. The molecule has 2 nitrogen and oxygen atoms in total. The topological polar surface area (TPSA) is 29.5 Å². The van der Waals surface area contributed by atoms with Crippen LogP contribution in [0.4, 0.5) is 0 Å². The lowest BCUT2D eigenvalue weighted by atomic mass is 10.3. The van der Waals surface area contributed by atoms with Gasteiger partial charge in [0.2, 0.25) is 0 Å². The van der Waals surface area contributed by atoms with Gasteiger partial charge in [0.1, 0.15) is 0 Å². The molecule has 0 aromatic heterocycles. The molecule has 0 aliphatic heterocycles. The third-order valence-corrected chi connectivity index (χ3v) is 0.884. The van der Waals surface area contributed by atoms with E-state index in [1.165, 1.54) is 0 Å². The summed E-state index contributed by atoms with van der Waals surface area (Å²) in [6, 6.07) is 0. The van der Waals surface area contributed by atoms with E-state index in [0.29, 0.717) is 6.61 Å². The lowest BCUT2D eigenvalue weighted by molar-refractivity contribution is 0.0968. The van der Waals surface area contributed by atoms with Crippen LogP contribution in [0, 0.1) is 0 Å². The van der Waals surface area contributed by atoms with E-state index in [0.717, 1.165) is 13.0 Å². The summed E-state index contributed by atoms with van der Waals surface area (Å²) in [6.45, 7) is 5.13. The predicted molar refractivity (Wildman–Crippen MR) is 32.8 cm³/mol. The first-order valence-electron chi connectivity index (χ1n) is 3.03. The molecule has 8 heavy (non-hydrogen) atoms. The molecular weight excluding hydrogens is 104 g/mol. The van der Waals surface area contributed by atoms with Crippen LogP contribution in [0.15, 0.2) is 0 Å². The molecule has 0 aliphatic carbocycles. The van der Waals surface area contributed by atoms with Gasteiger partial charge in [-0.1, -0.05) is 0 Å². The van der Waals surface area contributed by atoms with Crippen molar-refractivity contribution in [2.24, 2.45) is 0 Å². The molecule has 0 radical (unpaired) electrons. The van der Waals surface area contributed by atoms with Gasteiger partial charge < -0.3 is 9.84 Å². The number of aliphatic hydroxyl groups is 1. The van der Waals surface area contributed by atoms with Crippen molar-refractivity contribution in [3.63, 3.8) is 0 Å². The lowest BCUT2D eigenvalue weighted by Crippen LogP contribution is -2.04. The maximum Gasteiger partial charge on any atom is 0.0534 e. The van der Waals surface area contributed by atoms with Crippen molar-refractivity contribution in [2.75, 3.05) is 13.2 Å². The van der Waals surface area contributed by atoms with E-state index in [4.69, 9.17) is 9.84 Å². The van der Waals surface area contributed by atoms with Crippen molar-refractivity contribution >= 4 is 0 Å². The first-order valence-corrected chi connectivity index (χ1v) is 3.03. The van der Waals surface area contributed by atoms with Crippen LogP contribution in [-0.4, -0.2) is 24.4 Å². The number of aliphatic hydroxyl groups excluding tert-OH is 1. The number of hydrogen-bond donors (Lipinski definition) is 1. The van der Waals surface area contributed by atoms with Gasteiger partial charge in [-0.15, -0.1) is 0 Å². The molecule has 0 bridgehead atoms. The molecule has 50 valence electrons. The first kappa shape index (κ1) is 7.92. The molecule has 1 atom stereocenters. The largest absolute Gasteiger partial charge is 0.393 e. The van der Waals surface area contributed by atoms with Crippen LogP contribution >= 0.6 is 0 Å². The minimum atomic E-state index is -0.221. The molecule has 0 heterocycles. The van der Waals surface area contributed by atoms with Gasteiger partial charge in [-0.05, 0) is 20.3 Å². The Kier molecular flexibility index (Phi) is 5.01. The molecule has 0 aromatic rings. The molecular formula is C6H14O2. The van der Waals surface area contributed by atoms with Crippen LogP contribution in [0.2, 0.25) is 0 Å². The van der Waals surface area contributed by atoms with Gasteiger partial charge in [-0.2, -0.15) is 0 Å². The second-order valence-electron chi connectivity index (χ2n) is 1.83. The van der Waals surface area contributed by atoms with Gasteiger partial charge >= 0.3 is 0 Å². The minimum Gasteiger partial charge on any atom is -0.393 e. The van der Waals surface area contributed by atoms with Gasteiger partial charge in [0.25, 0.3) is 0 Å². The fourth-order valence-corrected chi connectivity index (χ4v) is 0.398. The van der Waals surface area contributed by atoms with Crippen molar-refractivity contribution < 1.29 is 9.84 Å². The summed E-state index contributed by atoms with van der Waals surface area (Å²) in [5.41, 5.74) is 0. The Morgan fingerprint density at radius 3 is 2.62 bits per heavy atom. The highest BCUT2D eigenvalue weighted by Gasteiger charge is 1.92. The van der Waals surface area contributed by atoms with E-state index in [2.05, 4.69) is 0 Å². The second-order valence-corrected chi connectivity index (χ2v) is 1.83. The fourth-order valence-electron chi connectivity index (χ4n) is 0.398. The Hall–Kier alpha value is -0.0800. The van der Waals surface area contributed by atoms with Gasteiger partial charge in [0.15, 0.2) is 0 Å². The van der Waals surface area contributed by atoms with Crippen molar-refractivity contribution in [2.45, 2.75) is 26.4 Å². The smallest absolute Gasteiger partial charge is 0.0534 e. The van der Waals surface area contributed by atoms with Gasteiger partial charge in [0, 0.05) is 13.2 Å². The van der Waals surface area contributed by atoms with E-state index >= 15 is 0 Å². The van der Waals surface area contributed by atoms with E-state index < -0.39 is 0 Å². The summed E-state index contributed by atoms with van der Waals surface area (Å²) >= 11 is 0. The molecule has 2 heteroatoms. The Labute approximate surface area is 50.5 Å². The van der Waals surface area contributed by atoms with Crippen molar-refractivity contribution in [3.8, 4) is 0 Å². The van der Waals surface area contributed by atoms with Gasteiger partial charge in [-0.3, -0.25) is 0 Å². The van der Waals surface area contributed by atoms with Crippen molar-refractivity contribution in [1.82, 2.24) is 0 Å². The van der Waals surface area contributed by atoms with E-state index in [-0.39, 0.29) is 6.10 Å². The molecule has 1 unspecified atom stereocenters. The molecule has 0 saturated heterocycles. The molecule has 0 amide bonds. The summed E-state index contributed by atoms with van der Waals surface area (Å²) in [7, 11) is 0. The molecule has 1 N–H and O–H groups in total. The zero-order chi connectivity index (χ0) is 6.41. The number of rotatable bonds is 4. The van der Waals surface area contributed by atoms with Crippen LogP contribution in [0.25, 0.3) is 0 Å². The summed E-state index contributed by atoms with van der Waals surface area (Å²) < 4.78 is 4.98. The normalized spacial score (nSPS) is 13.9. The third-order valence-electron chi connectivity index (χ3n) is 0.884. The fraction of sp³-hybridized carbons (Fsp3) is 1.00. The van der Waals surface area contributed by atoms with E-state index in [1.54, 1.807) is 6.92 Å². The Bertz CT molecular complexity index is 43.8. The standard InChI is InChI=1S/C6H14O2/c1-3-8-5-4-6(2)7/h6-7H,3-5H2,1-2H3. The molecule has 0 aromatic carbocycles.